The lowest BCUT2D eigenvalue weighted by Crippen LogP contribution is -2.09. The van der Waals surface area contributed by atoms with Gasteiger partial charge in [0.15, 0.2) is 11.5 Å². The highest BCUT2D eigenvalue weighted by molar-refractivity contribution is 5.77. The molecule has 0 bridgehead atoms. The van der Waals surface area contributed by atoms with Crippen LogP contribution in [0.3, 0.4) is 0 Å². The molecule has 2 aromatic heterocycles. The van der Waals surface area contributed by atoms with Crippen molar-refractivity contribution in [1.82, 2.24) is 19.9 Å². The lowest BCUT2D eigenvalue weighted by molar-refractivity contribution is 0.354. The number of halogens is 1. The van der Waals surface area contributed by atoms with Crippen molar-refractivity contribution in [2.24, 2.45) is 0 Å². The highest BCUT2D eigenvalue weighted by Gasteiger charge is 2.14. The van der Waals surface area contributed by atoms with Crippen molar-refractivity contribution < 1.29 is 13.9 Å². The average Bonchev–Trinajstić information content (AvgIpc) is 3.34. The third-order valence-electron chi connectivity index (χ3n) is 4.80. The molecule has 31 heavy (non-hydrogen) atoms. The van der Waals surface area contributed by atoms with Gasteiger partial charge in [0.1, 0.15) is 11.6 Å². The largest absolute Gasteiger partial charge is 0.493 e. The van der Waals surface area contributed by atoms with Crippen LogP contribution in [0.2, 0.25) is 0 Å². The molecule has 0 fully saturated rings. The standard InChI is InChI=1S/C23H22FN5O2/c1-30-19-8-3-15(13-20(19)31-2)9-10-27-23-28-14-18(22-25-11-12-26-22)21(29-23)16-4-6-17(24)7-5-16/h3-8,11-14H,9-10H2,1-2H3,(H,25,26)(H,27,28,29). The van der Waals surface area contributed by atoms with E-state index < -0.39 is 0 Å². The van der Waals surface area contributed by atoms with Gasteiger partial charge in [0, 0.05) is 30.7 Å². The fraction of sp³-hybridized carbons (Fsp3) is 0.174. The smallest absolute Gasteiger partial charge is 0.223 e. The van der Waals surface area contributed by atoms with Crippen molar-refractivity contribution in [2.45, 2.75) is 6.42 Å². The van der Waals surface area contributed by atoms with E-state index >= 15 is 0 Å². The van der Waals surface area contributed by atoms with Gasteiger partial charge in [0.2, 0.25) is 5.95 Å². The van der Waals surface area contributed by atoms with Crippen LogP contribution >= 0.6 is 0 Å². The van der Waals surface area contributed by atoms with E-state index in [1.54, 1.807) is 44.9 Å². The van der Waals surface area contributed by atoms with Gasteiger partial charge in [-0.15, -0.1) is 0 Å². The summed E-state index contributed by atoms with van der Waals surface area (Å²) >= 11 is 0. The number of H-pyrrole nitrogens is 1. The minimum absolute atomic E-state index is 0.300. The Morgan fingerprint density at radius 2 is 1.81 bits per heavy atom. The highest BCUT2D eigenvalue weighted by Crippen LogP contribution is 2.29. The summed E-state index contributed by atoms with van der Waals surface area (Å²) in [6.45, 7) is 0.623. The van der Waals surface area contributed by atoms with Crippen LogP contribution in [-0.4, -0.2) is 40.7 Å². The van der Waals surface area contributed by atoms with E-state index in [9.17, 15) is 4.39 Å². The number of aromatic nitrogens is 4. The van der Waals surface area contributed by atoms with Crippen LogP contribution in [0.1, 0.15) is 5.56 Å². The summed E-state index contributed by atoms with van der Waals surface area (Å²) in [6, 6.07) is 12.0. The Balaban J connectivity index is 1.54. The Morgan fingerprint density at radius 1 is 1.00 bits per heavy atom. The van der Waals surface area contributed by atoms with E-state index in [0.29, 0.717) is 35.5 Å². The molecular formula is C23H22FN5O2. The minimum Gasteiger partial charge on any atom is -0.493 e. The van der Waals surface area contributed by atoms with Crippen LogP contribution in [0.5, 0.6) is 11.5 Å². The minimum atomic E-state index is -0.300. The summed E-state index contributed by atoms with van der Waals surface area (Å²) in [5, 5.41) is 3.25. The van der Waals surface area contributed by atoms with Crippen LogP contribution < -0.4 is 14.8 Å². The monoisotopic (exact) mass is 419 g/mol. The summed E-state index contributed by atoms with van der Waals surface area (Å²) in [7, 11) is 3.23. The molecule has 0 radical (unpaired) electrons. The first-order chi connectivity index (χ1) is 15.2. The van der Waals surface area contributed by atoms with Gasteiger partial charge in [-0.25, -0.2) is 19.3 Å². The number of nitrogens with one attached hydrogen (secondary N) is 2. The molecule has 2 aromatic carbocycles. The first-order valence-electron chi connectivity index (χ1n) is 9.75. The van der Waals surface area contributed by atoms with E-state index in [0.717, 1.165) is 23.1 Å². The van der Waals surface area contributed by atoms with Gasteiger partial charge in [-0.05, 0) is 48.4 Å². The maximum absolute atomic E-state index is 13.4. The number of hydrogen-bond acceptors (Lipinski definition) is 6. The molecule has 8 heteroatoms. The Morgan fingerprint density at radius 3 is 2.52 bits per heavy atom. The number of rotatable bonds is 8. The zero-order chi connectivity index (χ0) is 21.6. The molecule has 7 nitrogen and oxygen atoms in total. The van der Waals surface area contributed by atoms with Crippen LogP contribution in [0.15, 0.2) is 61.1 Å². The molecule has 0 amide bonds. The number of methoxy groups -OCH3 is 2. The van der Waals surface area contributed by atoms with E-state index in [1.807, 2.05) is 18.2 Å². The van der Waals surface area contributed by atoms with Gasteiger partial charge in [-0.2, -0.15) is 0 Å². The van der Waals surface area contributed by atoms with Gasteiger partial charge in [-0.3, -0.25) is 0 Å². The number of nitrogens with zero attached hydrogens (tertiary/aromatic N) is 3. The second-order valence-corrected chi connectivity index (χ2v) is 6.77. The van der Waals surface area contributed by atoms with Crippen molar-refractivity contribution in [3.05, 3.63) is 72.4 Å². The molecule has 0 atom stereocenters. The highest BCUT2D eigenvalue weighted by atomic mass is 19.1. The van der Waals surface area contributed by atoms with Crippen LogP contribution in [-0.2, 0) is 6.42 Å². The Bertz CT molecular complexity index is 1150. The van der Waals surface area contributed by atoms with Crippen LogP contribution in [0.4, 0.5) is 10.3 Å². The summed E-state index contributed by atoms with van der Waals surface area (Å²) < 4.78 is 24.0. The molecule has 0 aliphatic rings. The van der Waals surface area contributed by atoms with Gasteiger partial charge in [0.05, 0.1) is 25.5 Å². The zero-order valence-corrected chi connectivity index (χ0v) is 17.2. The number of anilines is 1. The predicted octanol–water partition coefficient (Wildman–Crippen LogP) is 4.34. The SMILES string of the molecule is COc1ccc(CCNc2ncc(-c3ncc[nH]3)c(-c3ccc(F)cc3)n2)cc1OC. The maximum atomic E-state index is 13.4. The first-order valence-corrected chi connectivity index (χ1v) is 9.75. The van der Waals surface area contributed by atoms with Crippen molar-refractivity contribution in [2.75, 3.05) is 26.1 Å². The fourth-order valence-electron chi connectivity index (χ4n) is 3.24. The third kappa shape index (κ3) is 4.63. The van der Waals surface area contributed by atoms with Gasteiger partial charge in [-0.1, -0.05) is 6.07 Å². The molecule has 0 aliphatic carbocycles. The lowest BCUT2D eigenvalue weighted by atomic mass is 10.1. The Hall–Kier alpha value is -3.94. The van der Waals surface area contributed by atoms with Gasteiger partial charge in [0.25, 0.3) is 0 Å². The van der Waals surface area contributed by atoms with E-state index in [-0.39, 0.29) is 5.82 Å². The van der Waals surface area contributed by atoms with Crippen molar-refractivity contribution in [1.29, 1.82) is 0 Å². The molecule has 0 saturated carbocycles. The van der Waals surface area contributed by atoms with Crippen molar-refractivity contribution >= 4 is 5.95 Å². The van der Waals surface area contributed by atoms with E-state index in [4.69, 9.17) is 9.47 Å². The number of ether oxygens (including phenoxy) is 2. The number of benzene rings is 2. The van der Waals surface area contributed by atoms with Gasteiger partial charge >= 0.3 is 0 Å². The number of hydrogen-bond donors (Lipinski definition) is 2. The molecule has 0 unspecified atom stereocenters. The number of imidazole rings is 1. The van der Waals surface area contributed by atoms with Crippen molar-refractivity contribution in [3.8, 4) is 34.1 Å². The summed E-state index contributed by atoms with van der Waals surface area (Å²) in [4.78, 5) is 16.5. The third-order valence-corrected chi connectivity index (χ3v) is 4.80. The summed E-state index contributed by atoms with van der Waals surface area (Å²) in [5.74, 6) is 2.22. The quantitative estimate of drug-likeness (QED) is 0.442. The first kappa shape index (κ1) is 20.3. The number of aromatic amines is 1. The molecule has 2 N–H and O–H groups in total. The molecule has 4 aromatic rings. The lowest BCUT2D eigenvalue weighted by Gasteiger charge is -2.12. The van der Waals surface area contributed by atoms with Crippen LogP contribution in [0, 0.1) is 5.82 Å². The molecule has 158 valence electrons. The summed E-state index contributed by atoms with van der Waals surface area (Å²) in [5.41, 5.74) is 3.27. The maximum Gasteiger partial charge on any atom is 0.223 e. The Kier molecular flexibility index (Phi) is 6.07. The van der Waals surface area contributed by atoms with E-state index in [1.165, 1.54) is 12.1 Å². The Labute approximate surface area is 179 Å². The second-order valence-electron chi connectivity index (χ2n) is 6.77. The molecule has 0 aliphatic heterocycles. The predicted molar refractivity (Wildman–Crippen MR) is 117 cm³/mol. The molecule has 4 rings (SSSR count). The molecule has 0 saturated heterocycles. The molecular weight excluding hydrogens is 397 g/mol. The van der Waals surface area contributed by atoms with Crippen LogP contribution in [0.25, 0.3) is 22.6 Å². The normalized spacial score (nSPS) is 10.7. The fourth-order valence-corrected chi connectivity index (χ4v) is 3.24. The van der Waals surface area contributed by atoms with Crippen molar-refractivity contribution in [3.63, 3.8) is 0 Å². The average molecular weight is 419 g/mol. The topological polar surface area (TPSA) is 85.0 Å². The van der Waals surface area contributed by atoms with Gasteiger partial charge < -0.3 is 19.8 Å². The van der Waals surface area contributed by atoms with E-state index in [2.05, 4.69) is 25.3 Å². The second kappa shape index (κ2) is 9.25. The molecule has 0 spiro atoms. The molecule has 2 heterocycles. The zero-order valence-electron chi connectivity index (χ0n) is 17.2. The summed E-state index contributed by atoms with van der Waals surface area (Å²) in [6.07, 6.45) is 5.86.